The molecular weight excluding hydrogens is 405 g/mol. The molecule has 0 bridgehead atoms. The van der Waals surface area contributed by atoms with Gasteiger partial charge in [0.05, 0.1) is 0 Å². The first kappa shape index (κ1) is 23.6. The molecule has 0 unspecified atom stereocenters. The van der Waals surface area contributed by atoms with Crippen LogP contribution in [-0.2, 0) is 0 Å². The molecule has 2 rings (SSSR count). The van der Waals surface area contributed by atoms with Crippen LogP contribution in [0.25, 0.3) is 0 Å². The minimum absolute atomic E-state index is 0.166. The predicted molar refractivity (Wildman–Crippen MR) is 103 cm³/mol. The van der Waals surface area contributed by atoms with Crippen molar-refractivity contribution in [2.24, 2.45) is 5.73 Å². The Kier molecular flexibility index (Phi) is 7.38. The van der Waals surface area contributed by atoms with Gasteiger partial charge in [0.2, 0.25) is 5.88 Å². The number of ether oxygens (including phenoxy) is 1. The molecule has 4 N–H and O–H groups in total. The Labute approximate surface area is 172 Å². The topological polar surface area (TPSA) is 118 Å². The molecule has 1 fully saturated rings. The van der Waals surface area contributed by atoms with E-state index in [0.717, 1.165) is 6.07 Å². The highest BCUT2D eigenvalue weighted by Gasteiger charge is 2.35. The van der Waals surface area contributed by atoms with Crippen molar-refractivity contribution < 1.29 is 32.6 Å². The molecule has 2 amide bonds. The Morgan fingerprint density at radius 3 is 2.40 bits per heavy atom. The highest BCUT2D eigenvalue weighted by atomic mass is 19.3. The van der Waals surface area contributed by atoms with E-state index < -0.39 is 47.8 Å². The molecule has 30 heavy (non-hydrogen) atoms. The van der Waals surface area contributed by atoms with Gasteiger partial charge in [0, 0.05) is 17.6 Å². The van der Waals surface area contributed by atoms with Crippen molar-refractivity contribution in [1.29, 1.82) is 0 Å². The smallest absolute Gasteiger partial charge is 0.407 e. The normalized spacial score (nSPS) is 19.4. The number of rotatable bonds is 7. The number of primary amides is 1. The van der Waals surface area contributed by atoms with Crippen molar-refractivity contribution >= 4 is 17.8 Å². The molecule has 8 nitrogen and oxygen atoms in total. The predicted octanol–water partition coefficient (Wildman–Crippen LogP) is 3.47. The summed E-state index contributed by atoms with van der Waals surface area (Å²) in [5, 5.41) is 12.4. The summed E-state index contributed by atoms with van der Waals surface area (Å²) < 4.78 is 44.1. The van der Waals surface area contributed by atoms with Gasteiger partial charge in [-0.05, 0) is 52.5 Å². The molecule has 1 heterocycles. The second kappa shape index (κ2) is 9.40. The Balaban J connectivity index is 2.11. The highest BCUT2D eigenvalue weighted by Crippen LogP contribution is 2.31. The van der Waals surface area contributed by atoms with Crippen LogP contribution in [0, 0.1) is 5.82 Å². The van der Waals surface area contributed by atoms with E-state index in [1.54, 1.807) is 0 Å². The number of nitrogens with one attached hydrogen (secondary N) is 1. The summed E-state index contributed by atoms with van der Waals surface area (Å²) in [7, 11) is 0. The number of aromatic nitrogens is 1. The lowest BCUT2D eigenvalue weighted by atomic mass is 9.88. The molecule has 1 aliphatic carbocycles. The maximum atomic E-state index is 14.4. The molecule has 1 aliphatic rings. The van der Waals surface area contributed by atoms with E-state index >= 15 is 0 Å². The number of alkyl halides is 2. The quantitative estimate of drug-likeness (QED) is 0.607. The highest BCUT2D eigenvalue weighted by molar-refractivity contribution is 5.95. The summed E-state index contributed by atoms with van der Waals surface area (Å²) in [6, 6.07) is 0.428. The van der Waals surface area contributed by atoms with Gasteiger partial charge < -0.3 is 25.8 Å². The molecule has 1 aromatic heterocycles. The zero-order valence-corrected chi connectivity index (χ0v) is 17.1. The van der Waals surface area contributed by atoms with Gasteiger partial charge in [-0.15, -0.1) is 0 Å². The summed E-state index contributed by atoms with van der Waals surface area (Å²) in [5.74, 6) is -2.62. The van der Waals surface area contributed by atoms with Crippen molar-refractivity contribution in [3.8, 4) is 5.88 Å². The fourth-order valence-electron chi connectivity index (χ4n) is 3.66. The number of carboxylic acid groups (broad SMARTS) is 1. The summed E-state index contributed by atoms with van der Waals surface area (Å²) in [6.45, 7) is 4.46. The van der Waals surface area contributed by atoms with E-state index in [1.807, 2.05) is 20.8 Å². The first-order valence-corrected chi connectivity index (χ1v) is 9.60. The zero-order chi connectivity index (χ0) is 22.6. The molecule has 0 atom stereocenters. The number of amides is 2. The molecule has 0 saturated heterocycles. The third kappa shape index (κ3) is 5.90. The van der Waals surface area contributed by atoms with Gasteiger partial charge >= 0.3 is 6.09 Å². The zero-order valence-electron chi connectivity index (χ0n) is 17.1. The number of anilines is 1. The van der Waals surface area contributed by atoms with Gasteiger partial charge in [-0.25, -0.2) is 18.0 Å². The van der Waals surface area contributed by atoms with Crippen LogP contribution in [0.2, 0.25) is 0 Å². The van der Waals surface area contributed by atoms with Gasteiger partial charge in [0.1, 0.15) is 5.56 Å². The van der Waals surface area contributed by atoms with Crippen LogP contribution < -0.4 is 15.8 Å². The summed E-state index contributed by atoms with van der Waals surface area (Å²) in [4.78, 5) is 28.3. The Bertz CT molecular complexity index is 778. The average molecular weight is 432 g/mol. The Morgan fingerprint density at radius 2 is 1.93 bits per heavy atom. The second-order valence-electron chi connectivity index (χ2n) is 8.21. The van der Waals surface area contributed by atoms with Crippen molar-refractivity contribution in [1.82, 2.24) is 9.88 Å². The van der Waals surface area contributed by atoms with Crippen molar-refractivity contribution in [3.05, 3.63) is 17.4 Å². The number of carbonyl (C=O) groups excluding carboxylic acids is 1. The Hall–Kier alpha value is -2.72. The van der Waals surface area contributed by atoms with Crippen molar-refractivity contribution in [2.75, 3.05) is 11.9 Å². The lowest BCUT2D eigenvalue weighted by Crippen LogP contribution is -2.52. The van der Waals surface area contributed by atoms with E-state index in [1.165, 1.54) is 4.90 Å². The molecule has 1 aromatic rings. The first-order chi connectivity index (χ1) is 13.9. The van der Waals surface area contributed by atoms with Gasteiger partial charge in [-0.2, -0.15) is 4.98 Å². The molecule has 11 heteroatoms. The monoisotopic (exact) mass is 432 g/mol. The fourth-order valence-corrected chi connectivity index (χ4v) is 3.66. The molecule has 0 aliphatic heterocycles. The van der Waals surface area contributed by atoms with Crippen LogP contribution in [0.5, 0.6) is 5.88 Å². The third-order valence-corrected chi connectivity index (χ3v) is 4.88. The molecular formula is C19H27F3N4O4. The number of nitrogens with two attached hydrogens (primary N) is 1. The molecule has 1 saturated carbocycles. The van der Waals surface area contributed by atoms with Crippen LogP contribution in [-0.4, -0.2) is 57.6 Å². The molecule has 0 aromatic carbocycles. The number of hydrogen-bond donors (Lipinski definition) is 3. The lowest BCUT2D eigenvalue weighted by Gasteiger charge is -2.42. The van der Waals surface area contributed by atoms with E-state index in [4.69, 9.17) is 10.5 Å². The summed E-state index contributed by atoms with van der Waals surface area (Å²) in [5.41, 5.74) is 4.17. The molecule has 0 spiro atoms. The van der Waals surface area contributed by atoms with E-state index in [2.05, 4.69) is 10.3 Å². The third-order valence-electron chi connectivity index (χ3n) is 4.88. The number of pyridine rings is 1. The van der Waals surface area contributed by atoms with E-state index in [0.29, 0.717) is 25.7 Å². The van der Waals surface area contributed by atoms with Gasteiger partial charge in [-0.1, -0.05) is 0 Å². The largest absolute Gasteiger partial charge is 0.471 e. The fraction of sp³-hybridized carbons (Fsp3) is 0.632. The van der Waals surface area contributed by atoms with Gasteiger partial charge in [0.15, 0.2) is 18.2 Å². The minimum Gasteiger partial charge on any atom is -0.471 e. The second-order valence-corrected chi connectivity index (χ2v) is 8.21. The van der Waals surface area contributed by atoms with Crippen LogP contribution in [0.15, 0.2) is 6.07 Å². The van der Waals surface area contributed by atoms with Gasteiger partial charge in [0.25, 0.3) is 12.3 Å². The minimum atomic E-state index is -2.80. The number of hydrogen-bond acceptors (Lipinski definition) is 5. The van der Waals surface area contributed by atoms with E-state index in [-0.39, 0.29) is 17.9 Å². The van der Waals surface area contributed by atoms with Crippen LogP contribution >= 0.6 is 0 Å². The van der Waals surface area contributed by atoms with Gasteiger partial charge in [-0.3, -0.25) is 4.79 Å². The van der Waals surface area contributed by atoms with Crippen LogP contribution in [0.4, 0.5) is 23.8 Å². The Morgan fingerprint density at radius 1 is 1.33 bits per heavy atom. The number of carbonyl (C=O) groups is 2. The SMILES string of the molecule is CC(C)(C)N(C(=O)O)[C@H]1CC[C@H](Nc2nc(OCC(F)F)c(C(N)=O)cc2F)CC1. The maximum Gasteiger partial charge on any atom is 0.407 e. The standard InChI is InChI=1S/C19H27F3N4O4/c1-19(2,3)26(18(28)29)11-6-4-10(5-7-11)24-16-13(20)8-12(15(23)27)17(25-16)30-9-14(21)22/h8,10-11,14H,4-7,9H2,1-3H3,(H2,23,27)(H,24,25)(H,28,29)/t10-,11-. The van der Waals surface area contributed by atoms with Crippen molar-refractivity contribution in [3.63, 3.8) is 0 Å². The number of halogens is 3. The van der Waals surface area contributed by atoms with Crippen LogP contribution in [0.3, 0.4) is 0 Å². The molecule has 0 radical (unpaired) electrons. The summed E-state index contributed by atoms with van der Waals surface area (Å²) >= 11 is 0. The lowest BCUT2D eigenvalue weighted by molar-refractivity contribution is 0.0556. The summed E-state index contributed by atoms with van der Waals surface area (Å²) in [6.07, 6.45) is -1.56. The number of nitrogens with zero attached hydrogens (tertiary/aromatic N) is 2. The first-order valence-electron chi connectivity index (χ1n) is 9.60. The van der Waals surface area contributed by atoms with E-state index in [9.17, 15) is 27.9 Å². The maximum absolute atomic E-state index is 14.4. The van der Waals surface area contributed by atoms with Crippen LogP contribution in [0.1, 0.15) is 56.8 Å². The molecule has 168 valence electrons. The van der Waals surface area contributed by atoms with Crippen molar-refractivity contribution in [2.45, 2.75) is 70.5 Å². The average Bonchev–Trinajstić information content (AvgIpc) is 2.61.